The third kappa shape index (κ3) is 7.09. The number of nitrogens with one attached hydrogen (secondary N) is 2. The monoisotopic (exact) mass is 551 g/mol. The van der Waals surface area contributed by atoms with Crippen LogP contribution in [-0.4, -0.2) is 23.2 Å². The first-order valence-electron chi connectivity index (χ1n) is 10.6. The summed E-state index contributed by atoms with van der Waals surface area (Å²) in [5.74, 6) is -1.65. The second-order valence-electron chi connectivity index (χ2n) is 7.68. The van der Waals surface area contributed by atoms with Crippen LogP contribution < -0.4 is 15.4 Å². The molecule has 2 amide bonds. The van der Waals surface area contributed by atoms with Crippen molar-refractivity contribution in [3.63, 3.8) is 0 Å². The van der Waals surface area contributed by atoms with Gasteiger partial charge in [-0.2, -0.15) is 13.2 Å². The van der Waals surface area contributed by atoms with Crippen molar-refractivity contribution in [2.75, 3.05) is 10.6 Å². The van der Waals surface area contributed by atoms with Crippen molar-refractivity contribution in [2.24, 2.45) is 0 Å². The highest BCUT2D eigenvalue weighted by atomic mass is 32.1. The lowest BCUT2D eigenvalue weighted by molar-refractivity contribution is -0.274. The predicted molar refractivity (Wildman–Crippen MR) is 130 cm³/mol. The molecule has 2 N–H and O–H groups in total. The zero-order chi connectivity index (χ0) is 27.5. The van der Waals surface area contributed by atoms with Gasteiger partial charge in [0, 0.05) is 23.4 Å². The van der Waals surface area contributed by atoms with Gasteiger partial charge in [-0.25, -0.2) is 4.98 Å². The summed E-state index contributed by atoms with van der Waals surface area (Å²) in [5.41, 5.74) is 0.0330. The summed E-state index contributed by atoms with van der Waals surface area (Å²) in [7, 11) is 0. The van der Waals surface area contributed by atoms with E-state index in [4.69, 9.17) is 0 Å². The van der Waals surface area contributed by atoms with Gasteiger partial charge in [-0.15, -0.1) is 13.2 Å². The molecule has 13 heteroatoms. The van der Waals surface area contributed by atoms with Gasteiger partial charge in [0.05, 0.1) is 15.8 Å². The van der Waals surface area contributed by atoms with Crippen molar-refractivity contribution >= 4 is 50.3 Å². The topological polar surface area (TPSA) is 80.3 Å². The highest BCUT2D eigenvalue weighted by molar-refractivity contribution is 7.22. The molecule has 0 radical (unpaired) electrons. The molecule has 1 aromatic heterocycles. The highest BCUT2D eigenvalue weighted by Gasteiger charge is 2.31. The van der Waals surface area contributed by atoms with E-state index >= 15 is 0 Å². The number of ether oxygens (including phenoxy) is 1. The van der Waals surface area contributed by atoms with E-state index in [9.17, 15) is 35.9 Å². The van der Waals surface area contributed by atoms with E-state index in [1.54, 1.807) is 6.07 Å². The third-order valence-corrected chi connectivity index (χ3v) is 5.78. The minimum Gasteiger partial charge on any atom is -0.406 e. The molecule has 0 atom stereocenters. The zero-order valence-corrected chi connectivity index (χ0v) is 19.7. The van der Waals surface area contributed by atoms with Crippen molar-refractivity contribution in [1.82, 2.24) is 4.98 Å². The van der Waals surface area contributed by atoms with Gasteiger partial charge in [0.1, 0.15) is 5.75 Å². The Hall–Kier alpha value is -4.39. The summed E-state index contributed by atoms with van der Waals surface area (Å²) >= 11 is 0.949. The first kappa shape index (κ1) is 26.7. The van der Waals surface area contributed by atoms with Crippen LogP contribution in [0, 0.1) is 0 Å². The van der Waals surface area contributed by atoms with Crippen molar-refractivity contribution in [3.8, 4) is 5.75 Å². The van der Waals surface area contributed by atoms with E-state index < -0.39 is 35.7 Å². The number of carbonyl (C=O) groups excluding carboxylic acids is 2. The van der Waals surface area contributed by atoms with Crippen molar-refractivity contribution in [1.29, 1.82) is 0 Å². The van der Waals surface area contributed by atoms with Crippen LogP contribution in [0.5, 0.6) is 5.75 Å². The average Bonchev–Trinajstić information content (AvgIpc) is 3.23. The summed E-state index contributed by atoms with van der Waals surface area (Å²) in [6.07, 6.45) is -6.83. The Morgan fingerprint density at radius 2 is 1.66 bits per heavy atom. The molecule has 0 saturated heterocycles. The first-order chi connectivity index (χ1) is 17.9. The Balaban J connectivity index is 1.40. The van der Waals surface area contributed by atoms with Crippen LogP contribution in [0.4, 0.5) is 37.2 Å². The summed E-state index contributed by atoms with van der Waals surface area (Å²) in [6.45, 7) is 0. The van der Waals surface area contributed by atoms with Crippen LogP contribution in [0.2, 0.25) is 0 Å². The Morgan fingerprint density at radius 3 is 2.39 bits per heavy atom. The second-order valence-corrected chi connectivity index (χ2v) is 8.71. The Labute approximate surface area is 214 Å². The summed E-state index contributed by atoms with van der Waals surface area (Å²) in [5, 5.41) is 5.05. The molecular formula is C25H15F6N3O3S. The van der Waals surface area contributed by atoms with E-state index in [-0.39, 0.29) is 16.4 Å². The number of hydrogen-bond donors (Lipinski definition) is 2. The molecule has 0 spiro atoms. The largest absolute Gasteiger partial charge is 0.573 e. The molecule has 0 bridgehead atoms. The Bertz CT molecular complexity index is 1530. The maximum absolute atomic E-state index is 12.9. The number of carbonyl (C=O) groups is 2. The number of halogens is 6. The molecule has 0 fully saturated rings. The van der Waals surface area contributed by atoms with E-state index in [2.05, 4.69) is 20.4 Å². The smallest absolute Gasteiger partial charge is 0.406 e. The van der Waals surface area contributed by atoms with Crippen molar-refractivity contribution in [3.05, 3.63) is 89.5 Å². The molecule has 4 aromatic rings. The van der Waals surface area contributed by atoms with Crippen molar-refractivity contribution in [2.45, 2.75) is 12.5 Å². The number of rotatable bonds is 6. The lowest BCUT2D eigenvalue weighted by atomic mass is 10.1. The number of amides is 2. The number of hydrogen-bond acceptors (Lipinski definition) is 5. The number of aromatic nitrogens is 1. The third-order valence-electron chi connectivity index (χ3n) is 4.85. The minimum absolute atomic E-state index is 0.0296. The molecule has 0 saturated carbocycles. The molecule has 6 nitrogen and oxygen atoms in total. The number of alkyl halides is 6. The first-order valence-corrected chi connectivity index (χ1v) is 11.4. The summed E-state index contributed by atoms with van der Waals surface area (Å²) in [4.78, 5) is 29.0. The molecule has 0 aliphatic rings. The fourth-order valence-electron chi connectivity index (χ4n) is 3.23. The van der Waals surface area contributed by atoms with E-state index in [1.165, 1.54) is 42.5 Å². The van der Waals surface area contributed by atoms with Crippen molar-refractivity contribution < 1.29 is 40.7 Å². The van der Waals surface area contributed by atoms with Crippen LogP contribution in [0.25, 0.3) is 16.3 Å². The quantitative estimate of drug-likeness (QED) is 0.198. The van der Waals surface area contributed by atoms with Crippen LogP contribution >= 0.6 is 11.3 Å². The van der Waals surface area contributed by atoms with Crippen LogP contribution in [0.3, 0.4) is 0 Å². The highest BCUT2D eigenvalue weighted by Crippen LogP contribution is 2.32. The zero-order valence-electron chi connectivity index (χ0n) is 18.9. The molecule has 3 aromatic carbocycles. The van der Waals surface area contributed by atoms with Gasteiger partial charge in [0.15, 0.2) is 5.13 Å². The fraction of sp³-hybridized carbons (Fsp3) is 0.0800. The Kier molecular flexibility index (Phi) is 7.39. The van der Waals surface area contributed by atoms with Gasteiger partial charge in [0.25, 0.3) is 5.91 Å². The normalized spacial score (nSPS) is 12.1. The van der Waals surface area contributed by atoms with Gasteiger partial charge in [0.2, 0.25) is 5.91 Å². The van der Waals surface area contributed by atoms with E-state index in [1.807, 2.05) is 0 Å². The molecule has 0 aliphatic heterocycles. The van der Waals surface area contributed by atoms with Crippen LogP contribution in [0.15, 0.2) is 72.8 Å². The summed E-state index contributed by atoms with van der Waals surface area (Å²) in [6, 6.07) is 13.8. The maximum Gasteiger partial charge on any atom is 0.573 e. The number of nitrogens with zero attached hydrogens (tertiary/aromatic N) is 1. The molecule has 0 aliphatic carbocycles. The number of thiazole rings is 1. The van der Waals surface area contributed by atoms with Gasteiger partial charge in [-0.3, -0.25) is 14.9 Å². The summed E-state index contributed by atoms with van der Waals surface area (Å²) < 4.78 is 80.1. The average molecular weight is 551 g/mol. The lowest BCUT2D eigenvalue weighted by Gasteiger charge is -2.10. The standard InChI is InChI=1S/C25H15F6N3O3S/c26-24(27,28)16-5-2-6-17(12-16)32-22(36)15-4-1-3-14(11-15)7-10-21(35)34-23-33-19-9-8-18(13-20(19)38-23)37-25(29,30)31/h1-13H,(H,32,36)(H,33,34,35)/b10-7+. The number of benzene rings is 3. The van der Waals surface area contributed by atoms with Crippen LogP contribution in [0.1, 0.15) is 21.5 Å². The van der Waals surface area contributed by atoms with Gasteiger partial charge in [-0.1, -0.05) is 29.5 Å². The maximum atomic E-state index is 12.9. The number of anilines is 2. The predicted octanol–water partition coefficient (Wildman–Crippen LogP) is 7.12. The fourth-order valence-corrected chi connectivity index (χ4v) is 4.13. The molecule has 4 rings (SSSR count). The van der Waals surface area contributed by atoms with E-state index in [0.29, 0.717) is 15.8 Å². The molecular weight excluding hydrogens is 536 g/mol. The molecule has 196 valence electrons. The Morgan fingerprint density at radius 1 is 0.895 bits per heavy atom. The molecule has 38 heavy (non-hydrogen) atoms. The van der Waals surface area contributed by atoms with Gasteiger partial charge < -0.3 is 10.1 Å². The second kappa shape index (κ2) is 10.5. The molecule has 0 unspecified atom stereocenters. The van der Waals surface area contributed by atoms with Crippen LogP contribution in [-0.2, 0) is 11.0 Å². The van der Waals surface area contributed by atoms with Gasteiger partial charge in [-0.05, 0) is 54.1 Å². The van der Waals surface area contributed by atoms with E-state index in [0.717, 1.165) is 41.7 Å². The number of fused-ring (bicyclic) bond motifs is 1. The minimum atomic E-state index is -4.84. The lowest BCUT2D eigenvalue weighted by Crippen LogP contribution is -2.16. The molecule has 1 heterocycles. The van der Waals surface area contributed by atoms with Gasteiger partial charge >= 0.3 is 12.5 Å². The SMILES string of the molecule is O=C(/C=C/c1cccc(C(=O)Nc2cccc(C(F)(F)F)c2)c1)Nc1nc2ccc(OC(F)(F)F)cc2s1.